The molecule has 0 aliphatic heterocycles. The maximum atomic E-state index is 2.35. The highest BCUT2D eigenvalue weighted by atomic mass is 15.0. The van der Waals surface area contributed by atoms with Gasteiger partial charge in [0, 0.05) is 81.6 Å². The Morgan fingerprint density at radius 1 is 0.269 bits per heavy atom. The van der Waals surface area contributed by atoms with Crippen molar-refractivity contribution in [1.29, 1.82) is 0 Å². The van der Waals surface area contributed by atoms with Crippen molar-refractivity contribution in [2.75, 3.05) is 0 Å². The number of rotatable bonds is 7. The van der Waals surface area contributed by atoms with Crippen molar-refractivity contribution < 1.29 is 22.8 Å². The third kappa shape index (κ3) is 15.7. The van der Waals surface area contributed by atoms with Crippen LogP contribution in [0.15, 0.2) is 237 Å². The number of aromatic nitrogens is 5. The molecule has 0 saturated carbocycles. The summed E-state index contributed by atoms with van der Waals surface area (Å²) in [5, 5.41) is 9.21. The number of nitrogens with zero attached hydrogens (tertiary/aromatic N) is 5. The van der Waals surface area contributed by atoms with Gasteiger partial charge in [-0.3, -0.25) is 0 Å². The Labute approximate surface area is 620 Å². The van der Waals surface area contributed by atoms with Crippen molar-refractivity contribution in [3.63, 3.8) is 0 Å². The lowest BCUT2D eigenvalue weighted by Crippen LogP contribution is -2.32. The molecule has 5 aromatic heterocycles. The minimum absolute atomic E-state index is 0.669. The van der Waals surface area contributed by atoms with Gasteiger partial charge in [0.2, 0.25) is 45.0 Å². The van der Waals surface area contributed by atoms with Crippen molar-refractivity contribution in [3.8, 4) is 56.3 Å². The quantitative estimate of drug-likeness (QED) is 0.142. The number of benzene rings is 10. The van der Waals surface area contributed by atoms with Crippen molar-refractivity contribution >= 4 is 54.3 Å². The molecule has 0 atom stereocenters. The van der Waals surface area contributed by atoms with E-state index >= 15 is 0 Å². The molecule has 5 heteroatoms. The number of pyridine rings is 5. The first-order chi connectivity index (χ1) is 49.7. The van der Waals surface area contributed by atoms with Gasteiger partial charge in [0.25, 0.3) is 0 Å². The number of hydrogen-bond acceptors (Lipinski definition) is 0. The Bertz CT molecular complexity index is 5750. The molecule has 104 heavy (non-hydrogen) atoms. The van der Waals surface area contributed by atoms with Crippen LogP contribution in [0, 0.1) is 110 Å². The molecular weight excluding hydrogens is 1260 g/mol. The molecule has 5 nitrogen and oxygen atoms in total. The van der Waals surface area contributed by atoms with Crippen LogP contribution in [0.25, 0.3) is 111 Å². The van der Waals surface area contributed by atoms with E-state index < -0.39 is 0 Å². The predicted molar refractivity (Wildman–Crippen MR) is 442 cm³/mol. The molecule has 524 valence electrons. The standard InChI is InChI=1S/C23H28N.C21H24N.2C19H20N.C17H16N/c1-15(2)12-19-8-7-9-22-20(19)10-11-23(24(22)6)21-14-16(3)13-17(4)18(21)5;1-13-10-15(3)17(5)18(11-13)20-12-16(4)21-14(2)8-7-9-19(21)22(20)6;1-13-11-14(2)15(3)17(12-13)19-10-9-16-7-5-6-8-18(16)20(19)4;1-13-11-14(2)15(3)18(12-13)19-17-8-6-5-7-16(17)9-10-20(19)4;1-13-7-3-5-9-15(13)17-16-10-6-4-8-14(16)11-12-18(17)2/h7-11,13-15H,12H2,1-6H3;7-12H,1-6H3;2*5-12H,1-4H3;3-12H,1-2H3/q5*+1. The molecule has 0 spiro atoms. The van der Waals surface area contributed by atoms with Crippen molar-refractivity contribution in [1.82, 2.24) is 0 Å². The molecule has 0 amide bonds. The van der Waals surface area contributed by atoms with Crippen LogP contribution in [0.3, 0.4) is 0 Å². The second-order valence-electron chi connectivity index (χ2n) is 29.9. The molecule has 0 saturated heterocycles. The summed E-state index contributed by atoms with van der Waals surface area (Å²) in [7, 11) is 10.7. The summed E-state index contributed by atoms with van der Waals surface area (Å²) in [4.78, 5) is 0. The highest BCUT2D eigenvalue weighted by Gasteiger charge is 2.24. The molecule has 0 fully saturated rings. The van der Waals surface area contributed by atoms with Crippen LogP contribution in [-0.4, -0.2) is 0 Å². The van der Waals surface area contributed by atoms with E-state index in [1.165, 1.54) is 200 Å². The van der Waals surface area contributed by atoms with E-state index in [2.05, 4.69) is 413 Å². The van der Waals surface area contributed by atoms with Crippen molar-refractivity contribution in [2.24, 2.45) is 41.2 Å². The van der Waals surface area contributed by atoms with Crippen LogP contribution >= 0.6 is 0 Å². The van der Waals surface area contributed by atoms with Gasteiger partial charge >= 0.3 is 0 Å². The Balaban J connectivity index is 0.000000131. The highest BCUT2D eigenvalue weighted by molar-refractivity contribution is 5.95. The summed E-state index contributed by atoms with van der Waals surface area (Å²) in [6.07, 6.45) is 5.40. The molecule has 0 aliphatic carbocycles. The van der Waals surface area contributed by atoms with Gasteiger partial charge in [-0.1, -0.05) is 151 Å². The first kappa shape index (κ1) is 74.4. The number of aryl methyl sites for hydroxylation is 16. The summed E-state index contributed by atoms with van der Waals surface area (Å²) in [6.45, 7) is 37.5. The third-order valence-corrected chi connectivity index (χ3v) is 21.6. The second kappa shape index (κ2) is 31.9. The molecule has 15 aromatic rings. The monoisotopic (exact) mass is 1370 g/mol. The zero-order chi connectivity index (χ0) is 74.5. The van der Waals surface area contributed by atoms with E-state index in [1.54, 1.807) is 0 Å². The lowest BCUT2D eigenvalue weighted by atomic mass is 9.95. The van der Waals surface area contributed by atoms with Crippen molar-refractivity contribution in [2.45, 2.75) is 124 Å². The lowest BCUT2D eigenvalue weighted by molar-refractivity contribution is -0.659. The minimum atomic E-state index is 0.669. The topological polar surface area (TPSA) is 19.4 Å². The van der Waals surface area contributed by atoms with E-state index in [1.807, 2.05) is 0 Å². The maximum Gasteiger partial charge on any atom is 0.220 e. The average Bonchev–Trinajstić information content (AvgIpc) is 0.775. The molecule has 10 aromatic carbocycles. The van der Waals surface area contributed by atoms with E-state index in [0.29, 0.717) is 5.92 Å². The van der Waals surface area contributed by atoms with Crippen molar-refractivity contribution in [3.05, 3.63) is 326 Å². The average molecular weight is 1370 g/mol. The van der Waals surface area contributed by atoms with E-state index in [-0.39, 0.29) is 0 Å². The Morgan fingerprint density at radius 3 is 1.19 bits per heavy atom. The van der Waals surface area contributed by atoms with Gasteiger partial charge in [0.15, 0.2) is 12.4 Å². The normalized spacial score (nSPS) is 11.1. The van der Waals surface area contributed by atoms with Gasteiger partial charge in [-0.05, 0) is 254 Å². The summed E-state index contributed by atoms with van der Waals surface area (Å²) in [6, 6.07) is 81.4. The predicted octanol–water partition coefficient (Wildman–Crippen LogP) is 22.5. The van der Waals surface area contributed by atoms with Crippen LogP contribution in [0.4, 0.5) is 0 Å². The van der Waals surface area contributed by atoms with E-state index in [9.17, 15) is 0 Å². The van der Waals surface area contributed by atoms with Crippen LogP contribution < -0.4 is 22.8 Å². The second-order valence-corrected chi connectivity index (χ2v) is 29.9. The van der Waals surface area contributed by atoms with Gasteiger partial charge in [0.05, 0.1) is 21.7 Å². The molecule has 5 heterocycles. The zero-order valence-electron chi connectivity index (χ0n) is 66.0. The fourth-order valence-corrected chi connectivity index (χ4v) is 15.5. The molecular formula is C99H108N5+5. The molecule has 0 N–H and O–H groups in total. The minimum Gasteiger partial charge on any atom is -0.200 e. The number of hydrogen-bond donors (Lipinski definition) is 0. The summed E-state index contributed by atoms with van der Waals surface area (Å²) < 4.78 is 11.4. The van der Waals surface area contributed by atoms with E-state index in [4.69, 9.17) is 0 Å². The molecule has 0 aliphatic rings. The summed E-state index contributed by atoms with van der Waals surface area (Å²) in [5.41, 5.74) is 38.6. The fraction of sp³-hybridized carbons (Fsp3) is 0.242. The Kier molecular flexibility index (Phi) is 22.8. The summed E-state index contributed by atoms with van der Waals surface area (Å²) >= 11 is 0. The third-order valence-electron chi connectivity index (χ3n) is 21.6. The first-order valence-electron chi connectivity index (χ1n) is 37.0. The smallest absolute Gasteiger partial charge is 0.200 e. The SMILES string of the molecule is Cc1cc(C)c(C)c(-c2c3ccccc3cc[n+]2C)c1.Cc1cc(C)c(C)c(-c2cc(C)c3c(C)cccc3[n+]2C)c1.Cc1cc(C)c(C)c(-c2ccc3c(CC(C)C)cccc3[n+]2C)c1.Cc1cc(C)c(C)c(-c2ccc3ccccc3[n+]2C)c1.Cc1ccccc1-c1c2ccccc2cc[n+]1C. The van der Waals surface area contributed by atoms with Crippen LogP contribution in [0.2, 0.25) is 0 Å². The maximum absolute atomic E-state index is 2.35. The van der Waals surface area contributed by atoms with Crippen LogP contribution in [0.1, 0.15) is 103 Å². The lowest BCUT2D eigenvalue weighted by Gasteiger charge is -2.12. The largest absolute Gasteiger partial charge is 0.220 e. The van der Waals surface area contributed by atoms with Gasteiger partial charge in [-0.2, -0.15) is 13.7 Å². The highest BCUT2D eigenvalue weighted by Crippen LogP contribution is 2.34. The van der Waals surface area contributed by atoms with E-state index in [0.717, 1.165) is 6.42 Å². The van der Waals surface area contributed by atoms with Crippen LogP contribution in [0.5, 0.6) is 0 Å². The van der Waals surface area contributed by atoms with Gasteiger partial charge in [-0.15, -0.1) is 0 Å². The molecule has 0 radical (unpaired) electrons. The fourth-order valence-electron chi connectivity index (χ4n) is 15.5. The zero-order valence-corrected chi connectivity index (χ0v) is 66.0. The molecule has 0 unspecified atom stereocenters. The number of para-hydroxylation sites is 1. The first-order valence-corrected chi connectivity index (χ1v) is 37.0. The Hall–Kier alpha value is -10.8. The molecule has 15 rings (SSSR count). The van der Waals surface area contributed by atoms with Crippen LogP contribution in [-0.2, 0) is 41.7 Å². The Morgan fingerprint density at radius 2 is 0.663 bits per heavy atom. The summed E-state index contributed by atoms with van der Waals surface area (Å²) in [5.74, 6) is 0.669. The molecule has 0 bridgehead atoms. The van der Waals surface area contributed by atoms with Gasteiger partial charge in [-0.25, -0.2) is 9.13 Å². The van der Waals surface area contributed by atoms with Gasteiger partial charge < -0.3 is 0 Å². The van der Waals surface area contributed by atoms with Gasteiger partial charge in [0.1, 0.15) is 35.2 Å². The number of fused-ring (bicyclic) bond motifs is 5.